The van der Waals surface area contributed by atoms with Crippen molar-refractivity contribution in [3.05, 3.63) is 36.0 Å². The van der Waals surface area contributed by atoms with Gasteiger partial charge < -0.3 is 5.32 Å². The molecule has 68 valence electrons. The highest BCUT2D eigenvalue weighted by Crippen LogP contribution is 2.09. The molecule has 0 aliphatic rings. The zero-order valence-electron chi connectivity index (χ0n) is 8.35. The minimum absolute atomic E-state index is 1.000. The fraction of sp³-hybridized carbons (Fsp3) is 0.455. The summed E-state index contributed by atoms with van der Waals surface area (Å²) >= 11 is 0. The zero-order chi connectivity index (χ0) is 9.40. The Morgan fingerprint density at radius 2 is 2.17 bits per heavy atom. The van der Waals surface area contributed by atoms with Crippen LogP contribution in [0.15, 0.2) is 36.0 Å². The van der Waals surface area contributed by atoms with Gasteiger partial charge in [0.05, 0.1) is 0 Å². The Morgan fingerprint density at radius 1 is 1.50 bits per heavy atom. The average molecular weight is 165 g/mol. The molecule has 0 aliphatic heterocycles. The molecule has 0 heterocycles. The van der Waals surface area contributed by atoms with Crippen LogP contribution in [0.2, 0.25) is 0 Å². The summed E-state index contributed by atoms with van der Waals surface area (Å²) < 4.78 is 0. The van der Waals surface area contributed by atoms with Gasteiger partial charge in [0.1, 0.15) is 0 Å². The maximum atomic E-state index is 4.00. The second-order valence-electron chi connectivity index (χ2n) is 2.83. The number of hydrogen-bond donors (Lipinski definition) is 1. The molecule has 1 N–H and O–H groups in total. The first-order chi connectivity index (χ1) is 5.72. The van der Waals surface area contributed by atoms with Crippen molar-refractivity contribution in [2.24, 2.45) is 0 Å². The third-order valence-corrected chi connectivity index (χ3v) is 1.77. The first kappa shape index (κ1) is 11.2. The van der Waals surface area contributed by atoms with Crippen LogP contribution in [-0.2, 0) is 0 Å². The Kier molecular flexibility index (Phi) is 6.39. The van der Waals surface area contributed by atoms with Gasteiger partial charge in [-0.3, -0.25) is 0 Å². The molecule has 0 rings (SSSR count). The third kappa shape index (κ3) is 4.91. The predicted molar refractivity (Wildman–Crippen MR) is 56.3 cm³/mol. The normalized spacial score (nSPS) is 12.4. The minimum Gasteiger partial charge on any atom is -0.319 e. The summed E-state index contributed by atoms with van der Waals surface area (Å²) in [5.74, 6) is 0. The Bertz CT molecular complexity index is 187. The number of nitrogens with one attached hydrogen (secondary N) is 1. The molecule has 0 unspecified atom stereocenters. The van der Waals surface area contributed by atoms with Crippen molar-refractivity contribution in [3.8, 4) is 0 Å². The largest absolute Gasteiger partial charge is 0.319 e. The van der Waals surface area contributed by atoms with E-state index in [0.717, 1.165) is 13.0 Å². The van der Waals surface area contributed by atoms with Crippen molar-refractivity contribution in [2.45, 2.75) is 20.3 Å². The van der Waals surface area contributed by atoms with Gasteiger partial charge in [-0.25, -0.2) is 0 Å². The van der Waals surface area contributed by atoms with Gasteiger partial charge in [-0.05, 0) is 39.4 Å². The van der Waals surface area contributed by atoms with Gasteiger partial charge >= 0.3 is 0 Å². The number of rotatable bonds is 5. The fourth-order valence-corrected chi connectivity index (χ4v) is 0.831. The molecule has 0 spiro atoms. The van der Waals surface area contributed by atoms with Crippen molar-refractivity contribution in [1.29, 1.82) is 0 Å². The molecule has 0 aromatic rings. The first-order valence-corrected chi connectivity index (χ1v) is 4.34. The number of allylic oxidation sites excluding steroid dienone is 4. The van der Waals surface area contributed by atoms with Gasteiger partial charge in [0.2, 0.25) is 0 Å². The van der Waals surface area contributed by atoms with E-state index in [1.54, 1.807) is 0 Å². The molecule has 0 saturated heterocycles. The minimum atomic E-state index is 1.000. The molecule has 0 amide bonds. The Balaban J connectivity index is 3.92. The highest BCUT2D eigenvalue weighted by Gasteiger charge is 1.93. The van der Waals surface area contributed by atoms with Crippen molar-refractivity contribution in [1.82, 2.24) is 5.32 Å². The van der Waals surface area contributed by atoms with Crippen LogP contribution >= 0.6 is 0 Å². The van der Waals surface area contributed by atoms with Crippen LogP contribution in [0.25, 0.3) is 0 Å². The summed E-state index contributed by atoms with van der Waals surface area (Å²) in [5, 5.41) is 3.10. The lowest BCUT2D eigenvalue weighted by Crippen LogP contribution is -2.08. The topological polar surface area (TPSA) is 12.0 Å². The van der Waals surface area contributed by atoms with Crippen LogP contribution in [0.5, 0.6) is 0 Å². The van der Waals surface area contributed by atoms with Crippen LogP contribution in [-0.4, -0.2) is 13.6 Å². The van der Waals surface area contributed by atoms with E-state index in [2.05, 4.69) is 24.9 Å². The van der Waals surface area contributed by atoms with Gasteiger partial charge in [-0.2, -0.15) is 0 Å². The van der Waals surface area contributed by atoms with Gasteiger partial charge in [0.15, 0.2) is 0 Å². The molecule has 0 saturated carbocycles. The number of hydrogen-bond acceptors (Lipinski definition) is 1. The maximum Gasteiger partial charge on any atom is -0.00115 e. The van der Waals surface area contributed by atoms with Crippen LogP contribution in [0.4, 0.5) is 0 Å². The smallest absolute Gasteiger partial charge is 0.00115 e. The summed E-state index contributed by atoms with van der Waals surface area (Å²) in [6.45, 7) is 9.11. The van der Waals surface area contributed by atoms with E-state index in [4.69, 9.17) is 0 Å². The van der Waals surface area contributed by atoms with E-state index in [1.165, 1.54) is 11.1 Å². The van der Waals surface area contributed by atoms with Crippen molar-refractivity contribution in [3.63, 3.8) is 0 Å². The monoisotopic (exact) mass is 165 g/mol. The van der Waals surface area contributed by atoms with Crippen LogP contribution in [0, 0.1) is 0 Å². The molecule has 0 fully saturated rings. The van der Waals surface area contributed by atoms with E-state index in [0.29, 0.717) is 0 Å². The SMILES string of the molecule is C=C(CCNC)/C(C)=C\C=C/C. The fourth-order valence-electron chi connectivity index (χ4n) is 0.831. The quantitative estimate of drug-likeness (QED) is 0.618. The van der Waals surface area contributed by atoms with Gasteiger partial charge in [-0.1, -0.05) is 30.4 Å². The van der Waals surface area contributed by atoms with E-state index in [-0.39, 0.29) is 0 Å². The summed E-state index contributed by atoms with van der Waals surface area (Å²) in [4.78, 5) is 0. The lowest BCUT2D eigenvalue weighted by atomic mass is 10.1. The Hall–Kier alpha value is -0.820. The van der Waals surface area contributed by atoms with Gasteiger partial charge in [0.25, 0.3) is 0 Å². The van der Waals surface area contributed by atoms with Crippen molar-refractivity contribution in [2.75, 3.05) is 13.6 Å². The molecule has 0 aliphatic carbocycles. The molecule has 0 aromatic carbocycles. The molecule has 0 aromatic heterocycles. The van der Waals surface area contributed by atoms with Crippen LogP contribution in [0.1, 0.15) is 20.3 Å². The molecule has 1 heteroatoms. The highest BCUT2D eigenvalue weighted by molar-refractivity contribution is 5.29. The summed E-state index contributed by atoms with van der Waals surface area (Å²) in [5.41, 5.74) is 2.48. The second-order valence-corrected chi connectivity index (χ2v) is 2.83. The van der Waals surface area contributed by atoms with E-state index < -0.39 is 0 Å². The molecule has 0 bridgehead atoms. The lowest BCUT2D eigenvalue weighted by Gasteiger charge is -2.04. The highest BCUT2D eigenvalue weighted by atomic mass is 14.8. The summed E-state index contributed by atoms with van der Waals surface area (Å²) in [6.07, 6.45) is 7.18. The lowest BCUT2D eigenvalue weighted by molar-refractivity contribution is 0.790. The average Bonchev–Trinajstić information content (AvgIpc) is 2.10. The van der Waals surface area contributed by atoms with E-state index in [1.807, 2.05) is 26.1 Å². The molecular formula is C11H19N. The third-order valence-electron chi connectivity index (χ3n) is 1.77. The first-order valence-electron chi connectivity index (χ1n) is 4.34. The molecule has 0 atom stereocenters. The Labute approximate surface area is 75.9 Å². The van der Waals surface area contributed by atoms with Crippen LogP contribution < -0.4 is 5.32 Å². The van der Waals surface area contributed by atoms with Crippen molar-refractivity contribution >= 4 is 0 Å². The Morgan fingerprint density at radius 3 is 2.67 bits per heavy atom. The van der Waals surface area contributed by atoms with Crippen LogP contribution in [0.3, 0.4) is 0 Å². The molecule has 0 radical (unpaired) electrons. The molecule has 1 nitrogen and oxygen atoms in total. The maximum absolute atomic E-state index is 4.00. The standard InChI is InChI=1S/C11H19N/c1-5-6-7-10(2)11(3)8-9-12-4/h5-7,12H,3,8-9H2,1-2,4H3/b6-5-,10-7-. The second kappa shape index (κ2) is 6.86. The predicted octanol–water partition coefficient (Wildman–Crippen LogP) is 2.67. The van der Waals surface area contributed by atoms with Crippen molar-refractivity contribution < 1.29 is 0 Å². The summed E-state index contributed by atoms with van der Waals surface area (Å²) in [6, 6.07) is 0. The summed E-state index contributed by atoms with van der Waals surface area (Å²) in [7, 11) is 1.96. The van der Waals surface area contributed by atoms with Gasteiger partial charge in [0, 0.05) is 0 Å². The molecular weight excluding hydrogens is 146 g/mol. The van der Waals surface area contributed by atoms with E-state index >= 15 is 0 Å². The zero-order valence-corrected chi connectivity index (χ0v) is 8.35. The van der Waals surface area contributed by atoms with E-state index in [9.17, 15) is 0 Å². The molecule has 12 heavy (non-hydrogen) atoms. The van der Waals surface area contributed by atoms with Gasteiger partial charge in [-0.15, -0.1) is 0 Å².